The average molecular weight is 462 g/mol. The largest absolute Gasteiger partial charge is 0.497 e. The molecule has 2 rings (SSSR count). The van der Waals surface area contributed by atoms with E-state index in [2.05, 4.69) is 10.0 Å². The molecule has 0 aliphatic rings. The Balaban J connectivity index is 2.11. The van der Waals surface area contributed by atoms with Crippen molar-refractivity contribution in [2.75, 3.05) is 20.7 Å². The zero-order valence-electron chi connectivity index (χ0n) is 18.9. The summed E-state index contributed by atoms with van der Waals surface area (Å²) in [4.78, 5) is 27.0. The maximum atomic E-state index is 13.0. The molecule has 0 aliphatic heterocycles. The molecule has 0 fully saturated rings. The summed E-state index contributed by atoms with van der Waals surface area (Å²) in [6, 6.07) is 13.2. The van der Waals surface area contributed by atoms with Gasteiger partial charge >= 0.3 is 0 Å². The molecule has 0 bridgehead atoms. The third-order valence-corrected chi connectivity index (χ3v) is 6.68. The number of aryl methyl sites for hydroxylation is 1. The molecule has 0 aliphatic carbocycles. The van der Waals surface area contributed by atoms with Crippen LogP contribution in [0.25, 0.3) is 0 Å². The number of carbonyl (C=O) groups excluding carboxylic acids is 2. The van der Waals surface area contributed by atoms with Crippen molar-refractivity contribution in [3.63, 3.8) is 0 Å². The van der Waals surface area contributed by atoms with Crippen molar-refractivity contribution >= 4 is 21.8 Å². The van der Waals surface area contributed by atoms with E-state index in [0.29, 0.717) is 18.7 Å². The number of sulfonamides is 1. The number of benzene rings is 2. The molecule has 8 nitrogen and oxygen atoms in total. The van der Waals surface area contributed by atoms with Crippen molar-refractivity contribution in [2.24, 2.45) is 0 Å². The number of ether oxygens (including phenoxy) is 1. The fraction of sp³-hybridized carbons (Fsp3) is 0.391. The zero-order valence-corrected chi connectivity index (χ0v) is 19.7. The standard InChI is InChI=1S/C23H31N3O5S/c1-5-25-32(29,30)21-13-8-18(9-14-21)10-15-22(27)26(17(2)23(28)24-3)16-19-6-11-20(31-4)12-7-19/h6-9,11-14,17,25H,5,10,15-16H2,1-4H3,(H,24,28)/t17-/m1/s1. The van der Waals surface area contributed by atoms with Crippen LogP contribution in [0.15, 0.2) is 53.4 Å². The van der Waals surface area contributed by atoms with Gasteiger partial charge in [0.15, 0.2) is 0 Å². The zero-order chi connectivity index (χ0) is 23.7. The van der Waals surface area contributed by atoms with Gasteiger partial charge in [0.2, 0.25) is 21.8 Å². The van der Waals surface area contributed by atoms with Crippen molar-refractivity contribution in [1.82, 2.24) is 14.9 Å². The molecule has 0 saturated carbocycles. The minimum absolute atomic E-state index is 0.165. The third-order valence-electron chi connectivity index (χ3n) is 5.12. The van der Waals surface area contributed by atoms with Crippen LogP contribution in [0, 0.1) is 0 Å². The highest BCUT2D eigenvalue weighted by atomic mass is 32.2. The summed E-state index contributed by atoms with van der Waals surface area (Å²) in [6.45, 7) is 4.01. The predicted octanol–water partition coefficient (Wildman–Crippen LogP) is 2.09. The molecular formula is C23H31N3O5S. The van der Waals surface area contributed by atoms with E-state index in [4.69, 9.17) is 4.74 Å². The Kier molecular flexibility index (Phi) is 9.22. The Bertz CT molecular complexity index is 1000. The van der Waals surface area contributed by atoms with E-state index in [1.165, 1.54) is 19.2 Å². The van der Waals surface area contributed by atoms with Gasteiger partial charge in [-0.3, -0.25) is 9.59 Å². The molecule has 0 spiro atoms. The molecule has 174 valence electrons. The van der Waals surface area contributed by atoms with E-state index in [9.17, 15) is 18.0 Å². The van der Waals surface area contributed by atoms with Gasteiger partial charge in [0.05, 0.1) is 12.0 Å². The van der Waals surface area contributed by atoms with E-state index >= 15 is 0 Å². The van der Waals surface area contributed by atoms with E-state index < -0.39 is 16.1 Å². The average Bonchev–Trinajstić information content (AvgIpc) is 2.80. The summed E-state index contributed by atoms with van der Waals surface area (Å²) in [5.41, 5.74) is 1.72. The Hall–Kier alpha value is -2.91. The SMILES string of the molecule is CCNS(=O)(=O)c1ccc(CCC(=O)N(Cc2ccc(OC)cc2)[C@H](C)C(=O)NC)cc1. The fourth-order valence-electron chi connectivity index (χ4n) is 3.22. The summed E-state index contributed by atoms with van der Waals surface area (Å²) in [6.07, 6.45) is 0.622. The Morgan fingerprint density at radius 3 is 2.16 bits per heavy atom. The van der Waals surface area contributed by atoms with E-state index in [1.54, 1.807) is 38.0 Å². The quantitative estimate of drug-likeness (QED) is 0.533. The van der Waals surface area contributed by atoms with Gasteiger partial charge in [0.1, 0.15) is 11.8 Å². The van der Waals surface area contributed by atoms with Gasteiger partial charge in [-0.05, 0) is 48.7 Å². The normalized spacial score (nSPS) is 12.1. The molecule has 2 aromatic rings. The minimum atomic E-state index is -3.51. The molecule has 2 amide bonds. The topological polar surface area (TPSA) is 105 Å². The summed E-state index contributed by atoms with van der Waals surface area (Å²) in [7, 11) is -0.390. The highest BCUT2D eigenvalue weighted by Crippen LogP contribution is 2.17. The van der Waals surface area contributed by atoms with Crippen molar-refractivity contribution < 1.29 is 22.7 Å². The number of hydrogen-bond acceptors (Lipinski definition) is 5. The molecule has 0 radical (unpaired) electrons. The molecule has 2 aromatic carbocycles. The Labute approximate surface area is 190 Å². The number of nitrogens with one attached hydrogen (secondary N) is 2. The number of likely N-dealkylation sites (N-methyl/N-ethyl adjacent to an activating group) is 1. The number of hydrogen-bond donors (Lipinski definition) is 2. The highest BCUT2D eigenvalue weighted by Gasteiger charge is 2.25. The van der Waals surface area contributed by atoms with Gasteiger partial charge in [-0.15, -0.1) is 0 Å². The van der Waals surface area contributed by atoms with Gasteiger partial charge in [-0.2, -0.15) is 0 Å². The van der Waals surface area contributed by atoms with Crippen LogP contribution in [0.1, 0.15) is 31.4 Å². The number of nitrogens with zero attached hydrogens (tertiary/aromatic N) is 1. The summed E-state index contributed by atoms with van der Waals surface area (Å²) < 4.78 is 31.7. The summed E-state index contributed by atoms with van der Waals surface area (Å²) in [5.74, 6) is 0.302. The third kappa shape index (κ3) is 6.80. The smallest absolute Gasteiger partial charge is 0.242 e. The van der Waals surface area contributed by atoms with Crippen molar-refractivity contribution in [3.05, 3.63) is 59.7 Å². The number of methoxy groups -OCH3 is 1. The Morgan fingerprint density at radius 1 is 1.03 bits per heavy atom. The molecular weight excluding hydrogens is 430 g/mol. The van der Waals surface area contributed by atoms with Crippen LogP contribution >= 0.6 is 0 Å². The van der Waals surface area contributed by atoms with E-state index in [0.717, 1.165) is 11.1 Å². The first kappa shape index (κ1) is 25.4. The second kappa shape index (κ2) is 11.6. The Morgan fingerprint density at radius 2 is 1.62 bits per heavy atom. The van der Waals surface area contributed by atoms with E-state index in [1.807, 2.05) is 24.3 Å². The summed E-state index contributed by atoms with van der Waals surface area (Å²) in [5, 5.41) is 2.59. The molecule has 32 heavy (non-hydrogen) atoms. The van der Waals surface area contributed by atoms with Crippen molar-refractivity contribution in [2.45, 2.75) is 44.2 Å². The molecule has 0 heterocycles. The lowest BCUT2D eigenvalue weighted by molar-refractivity contribution is -0.140. The van der Waals surface area contributed by atoms with Crippen LogP contribution in [0.4, 0.5) is 0 Å². The van der Waals surface area contributed by atoms with Crippen LogP contribution in [-0.2, 0) is 32.6 Å². The first-order valence-electron chi connectivity index (χ1n) is 10.4. The van der Waals surface area contributed by atoms with Crippen LogP contribution in [-0.4, -0.2) is 51.9 Å². The molecule has 1 atom stereocenters. The molecule has 0 unspecified atom stereocenters. The van der Waals surface area contributed by atoms with Gasteiger partial charge in [0.25, 0.3) is 0 Å². The van der Waals surface area contributed by atoms with Gasteiger partial charge in [-0.25, -0.2) is 13.1 Å². The van der Waals surface area contributed by atoms with Crippen LogP contribution in [0.5, 0.6) is 5.75 Å². The molecule has 9 heteroatoms. The van der Waals surface area contributed by atoms with Crippen LogP contribution in [0.2, 0.25) is 0 Å². The maximum Gasteiger partial charge on any atom is 0.242 e. The van der Waals surface area contributed by atoms with E-state index in [-0.39, 0.29) is 29.7 Å². The second-order valence-electron chi connectivity index (χ2n) is 7.31. The van der Waals surface area contributed by atoms with Crippen LogP contribution in [0.3, 0.4) is 0 Å². The summed E-state index contributed by atoms with van der Waals surface area (Å²) >= 11 is 0. The lowest BCUT2D eigenvalue weighted by Gasteiger charge is -2.28. The number of carbonyl (C=O) groups is 2. The first-order valence-corrected chi connectivity index (χ1v) is 11.9. The highest BCUT2D eigenvalue weighted by molar-refractivity contribution is 7.89. The van der Waals surface area contributed by atoms with Gasteiger partial charge in [0, 0.05) is 26.6 Å². The number of rotatable bonds is 11. The van der Waals surface area contributed by atoms with Gasteiger partial charge in [-0.1, -0.05) is 31.2 Å². The maximum absolute atomic E-state index is 13.0. The number of amides is 2. The molecule has 0 aromatic heterocycles. The van der Waals surface area contributed by atoms with Crippen molar-refractivity contribution in [1.29, 1.82) is 0 Å². The van der Waals surface area contributed by atoms with Gasteiger partial charge < -0.3 is 15.0 Å². The van der Waals surface area contributed by atoms with Crippen LogP contribution < -0.4 is 14.8 Å². The monoisotopic (exact) mass is 461 g/mol. The molecule has 2 N–H and O–H groups in total. The van der Waals surface area contributed by atoms with Crippen molar-refractivity contribution in [3.8, 4) is 5.75 Å². The second-order valence-corrected chi connectivity index (χ2v) is 9.07. The predicted molar refractivity (Wildman–Crippen MR) is 123 cm³/mol. The first-order chi connectivity index (χ1) is 15.2. The fourth-order valence-corrected chi connectivity index (χ4v) is 4.26. The lowest BCUT2D eigenvalue weighted by Crippen LogP contribution is -2.46. The molecule has 0 saturated heterocycles. The minimum Gasteiger partial charge on any atom is -0.497 e. The lowest BCUT2D eigenvalue weighted by atomic mass is 10.1.